The molecule has 2 saturated heterocycles. The monoisotopic (exact) mass is 603 g/mol. The molecule has 2 aliphatic heterocycles. The Kier molecular flexibility index (Phi) is 7.57. The van der Waals surface area contributed by atoms with Gasteiger partial charge in [-0.15, -0.1) is 0 Å². The summed E-state index contributed by atoms with van der Waals surface area (Å²) >= 11 is 13.8. The second kappa shape index (κ2) is 11.3. The van der Waals surface area contributed by atoms with Gasteiger partial charge in [0.1, 0.15) is 0 Å². The number of amides is 1. The quantitative estimate of drug-likeness (QED) is 0.269. The smallest absolute Gasteiger partial charge is 0.224 e. The van der Waals surface area contributed by atoms with Gasteiger partial charge < -0.3 is 14.8 Å². The Hall–Kier alpha value is -4.05. The number of nitrogens with one attached hydrogen (secondary N) is 1. The maximum absolute atomic E-state index is 11.7. The van der Waals surface area contributed by atoms with E-state index in [2.05, 4.69) is 20.2 Å². The molecule has 2 fully saturated rings. The molecule has 1 amide bonds. The molecular formula is C31H27Cl2N5O4. The summed E-state index contributed by atoms with van der Waals surface area (Å²) < 4.78 is 10.9. The molecule has 42 heavy (non-hydrogen) atoms. The number of likely N-dealkylation sites (tertiary alicyclic amines) is 1. The molecule has 1 aromatic carbocycles. The van der Waals surface area contributed by atoms with Crippen LogP contribution < -0.4 is 14.8 Å². The lowest BCUT2D eigenvalue weighted by molar-refractivity contribution is -0.120. The Labute approximate surface area is 252 Å². The van der Waals surface area contributed by atoms with E-state index in [-0.39, 0.29) is 17.2 Å². The summed E-state index contributed by atoms with van der Waals surface area (Å²) in [4.78, 5) is 39.1. The van der Waals surface area contributed by atoms with Gasteiger partial charge in [-0.3, -0.25) is 19.5 Å². The van der Waals surface area contributed by atoms with E-state index in [1.54, 1.807) is 31.5 Å². The van der Waals surface area contributed by atoms with Crippen molar-refractivity contribution in [3.8, 4) is 45.5 Å². The third-order valence-electron chi connectivity index (χ3n) is 7.75. The van der Waals surface area contributed by atoms with E-state index in [1.165, 1.54) is 7.11 Å². The molecule has 1 N–H and O–H groups in total. The molecule has 0 atom stereocenters. The Morgan fingerprint density at radius 2 is 1.62 bits per heavy atom. The predicted molar refractivity (Wildman–Crippen MR) is 160 cm³/mol. The maximum Gasteiger partial charge on any atom is 0.224 e. The van der Waals surface area contributed by atoms with Crippen LogP contribution in [0.4, 0.5) is 0 Å². The largest absolute Gasteiger partial charge is 0.481 e. The Balaban J connectivity index is 1.29. The van der Waals surface area contributed by atoms with E-state index in [0.717, 1.165) is 25.2 Å². The number of aldehydes is 1. The van der Waals surface area contributed by atoms with Crippen LogP contribution in [0.3, 0.4) is 0 Å². The van der Waals surface area contributed by atoms with Gasteiger partial charge >= 0.3 is 0 Å². The zero-order valence-corrected chi connectivity index (χ0v) is 24.5. The van der Waals surface area contributed by atoms with E-state index in [1.807, 2.05) is 30.3 Å². The summed E-state index contributed by atoms with van der Waals surface area (Å²) in [5, 5.41) is 3.74. The number of benzene rings is 1. The van der Waals surface area contributed by atoms with Gasteiger partial charge in [-0.05, 0) is 24.3 Å². The Morgan fingerprint density at radius 1 is 0.929 bits per heavy atom. The van der Waals surface area contributed by atoms with Crippen LogP contribution in [0.15, 0.2) is 54.7 Å². The first kappa shape index (κ1) is 28.1. The number of pyridine rings is 3. The minimum atomic E-state index is 0.0539. The van der Waals surface area contributed by atoms with E-state index < -0.39 is 0 Å². The number of carbonyl (C=O) groups is 2. The van der Waals surface area contributed by atoms with E-state index >= 15 is 0 Å². The molecular weight excluding hydrogens is 577 g/mol. The molecule has 6 rings (SSSR count). The third-order valence-corrected chi connectivity index (χ3v) is 8.54. The number of rotatable bonds is 8. The number of nitrogens with zero attached hydrogens (tertiary/aromatic N) is 4. The summed E-state index contributed by atoms with van der Waals surface area (Å²) in [5.74, 6) is 0.859. The summed E-state index contributed by atoms with van der Waals surface area (Å²) in [6.45, 7) is 3.14. The van der Waals surface area contributed by atoms with Crippen molar-refractivity contribution in [2.24, 2.45) is 5.41 Å². The van der Waals surface area contributed by atoms with Crippen molar-refractivity contribution >= 4 is 35.4 Å². The molecule has 4 aromatic rings. The predicted octanol–water partition coefficient (Wildman–Crippen LogP) is 5.33. The zero-order chi connectivity index (χ0) is 29.4. The second-order valence-corrected chi connectivity index (χ2v) is 11.3. The van der Waals surface area contributed by atoms with Gasteiger partial charge in [-0.25, -0.2) is 9.97 Å². The second-order valence-electron chi connectivity index (χ2n) is 10.6. The van der Waals surface area contributed by atoms with Crippen molar-refractivity contribution in [3.05, 3.63) is 75.9 Å². The molecule has 0 unspecified atom stereocenters. The zero-order valence-electron chi connectivity index (χ0n) is 23.0. The number of carbonyl (C=O) groups excluding carboxylic acids is 2. The van der Waals surface area contributed by atoms with Crippen molar-refractivity contribution in [1.29, 1.82) is 0 Å². The minimum absolute atomic E-state index is 0.0539. The normalized spacial score (nSPS) is 15.8. The molecule has 3 aromatic heterocycles. The first-order valence-corrected chi connectivity index (χ1v) is 14.1. The third kappa shape index (κ3) is 5.08. The van der Waals surface area contributed by atoms with E-state index in [0.29, 0.717) is 74.5 Å². The summed E-state index contributed by atoms with van der Waals surface area (Å²) in [5.41, 5.74) is 4.97. The van der Waals surface area contributed by atoms with Crippen LogP contribution in [-0.2, 0) is 11.3 Å². The van der Waals surface area contributed by atoms with Gasteiger partial charge in [0.2, 0.25) is 17.7 Å². The number of ether oxygens (including phenoxy) is 2. The van der Waals surface area contributed by atoms with Crippen molar-refractivity contribution < 1.29 is 19.1 Å². The average molecular weight is 604 g/mol. The highest BCUT2D eigenvalue weighted by Crippen LogP contribution is 2.42. The van der Waals surface area contributed by atoms with Gasteiger partial charge in [0, 0.05) is 66.5 Å². The van der Waals surface area contributed by atoms with Crippen molar-refractivity contribution in [1.82, 2.24) is 25.2 Å². The van der Waals surface area contributed by atoms with E-state index in [4.69, 9.17) is 37.7 Å². The van der Waals surface area contributed by atoms with Crippen LogP contribution in [0.25, 0.3) is 33.8 Å². The van der Waals surface area contributed by atoms with Crippen LogP contribution in [-0.4, -0.2) is 65.9 Å². The molecule has 214 valence electrons. The number of hydrogen-bond donors (Lipinski definition) is 1. The molecule has 9 nitrogen and oxygen atoms in total. The molecule has 11 heteroatoms. The van der Waals surface area contributed by atoms with Gasteiger partial charge in [0.25, 0.3) is 0 Å². The van der Waals surface area contributed by atoms with Crippen molar-refractivity contribution in [2.45, 2.75) is 13.0 Å². The lowest BCUT2D eigenvalue weighted by Gasteiger charge is -2.47. The molecule has 5 heterocycles. The fourth-order valence-electron chi connectivity index (χ4n) is 5.74. The summed E-state index contributed by atoms with van der Waals surface area (Å²) in [6, 6.07) is 14.6. The highest BCUT2D eigenvalue weighted by Gasteiger charge is 2.47. The summed E-state index contributed by atoms with van der Waals surface area (Å²) in [7, 11) is 3.06. The molecule has 0 saturated carbocycles. The van der Waals surface area contributed by atoms with Crippen LogP contribution in [0, 0.1) is 5.41 Å². The van der Waals surface area contributed by atoms with Gasteiger partial charge in [0.05, 0.1) is 46.9 Å². The minimum Gasteiger partial charge on any atom is -0.481 e. The summed E-state index contributed by atoms with van der Waals surface area (Å²) in [6.07, 6.45) is 2.94. The molecule has 0 bridgehead atoms. The van der Waals surface area contributed by atoms with Crippen LogP contribution in [0.1, 0.15) is 22.3 Å². The fourth-order valence-corrected chi connectivity index (χ4v) is 6.37. The van der Waals surface area contributed by atoms with Crippen LogP contribution >= 0.6 is 23.2 Å². The number of aromatic nitrogens is 3. The van der Waals surface area contributed by atoms with Gasteiger partial charge in [0.15, 0.2) is 6.29 Å². The van der Waals surface area contributed by atoms with Crippen molar-refractivity contribution in [3.63, 3.8) is 0 Å². The average Bonchev–Trinajstić information content (AvgIpc) is 3.39. The molecule has 1 spiro atoms. The number of halogens is 2. The highest BCUT2D eigenvalue weighted by molar-refractivity contribution is 6.39. The fraction of sp³-hybridized carbons (Fsp3) is 0.258. The van der Waals surface area contributed by atoms with Crippen molar-refractivity contribution in [2.75, 3.05) is 33.9 Å². The van der Waals surface area contributed by atoms with Crippen LogP contribution in [0.2, 0.25) is 10.0 Å². The topological polar surface area (TPSA) is 107 Å². The number of methoxy groups -OCH3 is 2. The molecule has 0 radical (unpaired) electrons. The Morgan fingerprint density at radius 3 is 2.31 bits per heavy atom. The van der Waals surface area contributed by atoms with Gasteiger partial charge in [-0.1, -0.05) is 47.5 Å². The standard InChI is InChI=1S/C31H27Cl2N5O4/c1-41-29-18(13-38-16-31(17-38)12-25(40)35-15-31)6-8-24(36-29)21-10-11-34-28(27(21)33)22-5-3-4-20(26(22)32)23-9-7-19(14-39)30(37-23)42-2/h3-11,14H,12-13,15-17H2,1-2H3,(H,35,40). The molecule has 2 aliphatic rings. The van der Waals surface area contributed by atoms with Crippen LogP contribution in [0.5, 0.6) is 11.8 Å². The highest BCUT2D eigenvalue weighted by atomic mass is 35.5. The maximum atomic E-state index is 11.7. The lowest BCUT2D eigenvalue weighted by atomic mass is 9.79. The first-order chi connectivity index (χ1) is 20.3. The Bertz CT molecular complexity index is 1710. The SMILES string of the molecule is COc1nc(-c2cccc(-c3nccc(-c4ccc(CN5CC6(CNC(=O)C6)C5)c(OC)n4)c3Cl)c2Cl)ccc1C=O. The lowest BCUT2D eigenvalue weighted by Crippen LogP contribution is -2.56. The van der Waals surface area contributed by atoms with Gasteiger partial charge in [-0.2, -0.15) is 0 Å². The molecule has 0 aliphatic carbocycles. The first-order valence-electron chi connectivity index (χ1n) is 13.3. The van der Waals surface area contributed by atoms with E-state index in [9.17, 15) is 9.59 Å². The number of hydrogen-bond acceptors (Lipinski definition) is 8.